The Kier molecular flexibility index (Phi) is 4.02. The molecule has 92 valence electrons. The molecule has 1 heterocycles. The number of nitrogens with one attached hydrogen (secondary N) is 1. The number of halogens is 1. The van der Waals surface area contributed by atoms with E-state index in [0.29, 0.717) is 4.34 Å². The van der Waals surface area contributed by atoms with Crippen molar-refractivity contribution in [3.63, 3.8) is 0 Å². The van der Waals surface area contributed by atoms with Gasteiger partial charge >= 0.3 is 0 Å². The van der Waals surface area contributed by atoms with E-state index in [4.69, 9.17) is 17.4 Å². The second kappa shape index (κ2) is 4.62. The zero-order chi connectivity index (χ0) is 12.6. The Bertz CT molecular complexity index is 468. The van der Waals surface area contributed by atoms with E-state index in [0.717, 1.165) is 4.88 Å². The molecule has 0 aliphatic heterocycles. The lowest BCUT2D eigenvalue weighted by atomic mass is 10.0. The summed E-state index contributed by atoms with van der Waals surface area (Å²) in [7, 11) is -3.23. The largest absolute Gasteiger partial charge is 0.271 e. The van der Waals surface area contributed by atoms with Gasteiger partial charge in [-0.3, -0.25) is 11.3 Å². The molecule has 0 aromatic carbocycles. The molecule has 16 heavy (non-hydrogen) atoms. The zero-order valence-electron chi connectivity index (χ0n) is 9.32. The van der Waals surface area contributed by atoms with Gasteiger partial charge < -0.3 is 0 Å². The number of nitrogens with two attached hydrogens (primary N) is 1. The highest BCUT2D eigenvalue weighted by atomic mass is 35.5. The van der Waals surface area contributed by atoms with E-state index >= 15 is 0 Å². The van der Waals surface area contributed by atoms with Gasteiger partial charge in [0.15, 0.2) is 9.84 Å². The molecule has 0 amide bonds. The fraction of sp³-hybridized carbons (Fsp3) is 0.556. The van der Waals surface area contributed by atoms with E-state index in [1.165, 1.54) is 17.6 Å². The van der Waals surface area contributed by atoms with Gasteiger partial charge in [-0.2, -0.15) is 0 Å². The van der Waals surface area contributed by atoms with Gasteiger partial charge in [-0.25, -0.2) is 8.42 Å². The van der Waals surface area contributed by atoms with Crippen LogP contribution in [0.25, 0.3) is 0 Å². The Morgan fingerprint density at radius 1 is 1.50 bits per heavy atom. The quantitative estimate of drug-likeness (QED) is 0.652. The van der Waals surface area contributed by atoms with Gasteiger partial charge in [-0.05, 0) is 26.0 Å². The van der Waals surface area contributed by atoms with Crippen LogP contribution in [0, 0.1) is 0 Å². The highest BCUT2D eigenvalue weighted by Crippen LogP contribution is 2.36. The molecule has 0 radical (unpaired) electrons. The second-order valence-electron chi connectivity index (χ2n) is 4.12. The van der Waals surface area contributed by atoms with E-state index in [1.54, 1.807) is 26.0 Å². The number of hydrogen-bond donors (Lipinski definition) is 2. The molecule has 0 saturated carbocycles. The highest BCUT2D eigenvalue weighted by molar-refractivity contribution is 7.92. The first-order valence-corrected chi connectivity index (χ1v) is 7.69. The predicted octanol–water partition coefficient (Wildman–Crippen LogP) is 1.73. The van der Waals surface area contributed by atoms with Gasteiger partial charge in [0, 0.05) is 11.1 Å². The Balaban J connectivity index is 3.18. The molecule has 0 aliphatic carbocycles. The molecule has 0 saturated heterocycles. The summed E-state index contributed by atoms with van der Waals surface area (Å²) in [6, 6.07) is 3.04. The van der Waals surface area contributed by atoms with Gasteiger partial charge in [0.25, 0.3) is 0 Å². The summed E-state index contributed by atoms with van der Waals surface area (Å²) < 4.78 is 23.0. The van der Waals surface area contributed by atoms with Crippen molar-refractivity contribution in [3.05, 3.63) is 21.3 Å². The van der Waals surface area contributed by atoms with Crippen molar-refractivity contribution >= 4 is 32.8 Å². The summed E-state index contributed by atoms with van der Waals surface area (Å²) in [6.45, 7) is 3.28. The molecule has 0 spiro atoms. The van der Waals surface area contributed by atoms with E-state index in [1.807, 2.05) is 0 Å². The van der Waals surface area contributed by atoms with Crippen LogP contribution >= 0.6 is 22.9 Å². The summed E-state index contributed by atoms with van der Waals surface area (Å²) in [4.78, 5) is 0.808. The van der Waals surface area contributed by atoms with Gasteiger partial charge in [0.05, 0.1) is 15.1 Å². The number of hydrogen-bond acceptors (Lipinski definition) is 5. The van der Waals surface area contributed by atoms with Crippen molar-refractivity contribution in [2.24, 2.45) is 5.84 Å². The lowest BCUT2D eigenvalue weighted by Gasteiger charge is -2.31. The van der Waals surface area contributed by atoms with E-state index in [9.17, 15) is 8.42 Å². The minimum Gasteiger partial charge on any atom is -0.271 e. The second-order valence-corrected chi connectivity index (χ2v) is 8.46. The number of hydrazine groups is 1. The number of rotatable bonds is 4. The van der Waals surface area contributed by atoms with Crippen molar-refractivity contribution in [3.8, 4) is 0 Å². The molecule has 0 bridgehead atoms. The Morgan fingerprint density at radius 3 is 2.38 bits per heavy atom. The summed E-state index contributed by atoms with van der Waals surface area (Å²) in [6.07, 6.45) is 1.20. The average Bonchev–Trinajstić information content (AvgIpc) is 2.50. The maximum Gasteiger partial charge on any atom is 0.154 e. The standard InChI is InChI=1S/C9H15ClN2O2S2/c1-9(2,16(3,13)14)8(12-11)6-4-5-7(10)15-6/h4-5,8,12H,11H2,1-3H3. The average molecular weight is 283 g/mol. The monoisotopic (exact) mass is 282 g/mol. The highest BCUT2D eigenvalue weighted by Gasteiger charge is 2.40. The lowest BCUT2D eigenvalue weighted by molar-refractivity contribution is 0.433. The van der Waals surface area contributed by atoms with Gasteiger partial charge in [-0.1, -0.05) is 11.6 Å². The topological polar surface area (TPSA) is 72.2 Å². The van der Waals surface area contributed by atoms with Crippen molar-refractivity contribution in [2.75, 3.05) is 6.26 Å². The molecule has 1 rings (SSSR count). The molecule has 3 N–H and O–H groups in total. The van der Waals surface area contributed by atoms with Crippen molar-refractivity contribution in [1.29, 1.82) is 0 Å². The van der Waals surface area contributed by atoms with E-state index in [-0.39, 0.29) is 0 Å². The normalized spacial score (nSPS) is 15.1. The molecule has 1 unspecified atom stereocenters. The van der Waals surface area contributed by atoms with Crippen LogP contribution in [-0.4, -0.2) is 19.4 Å². The summed E-state index contributed by atoms with van der Waals surface area (Å²) in [5, 5.41) is 0. The van der Waals surface area contributed by atoms with Crippen molar-refractivity contribution in [1.82, 2.24) is 5.43 Å². The van der Waals surface area contributed by atoms with Crippen LogP contribution in [0.1, 0.15) is 24.8 Å². The van der Waals surface area contributed by atoms with Gasteiger partial charge in [0.2, 0.25) is 0 Å². The first kappa shape index (κ1) is 13.9. The van der Waals surface area contributed by atoms with Crippen LogP contribution in [0.3, 0.4) is 0 Å². The molecule has 1 aromatic heterocycles. The van der Waals surface area contributed by atoms with Crippen LogP contribution in [0.4, 0.5) is 0 Å². The molecule has 7 heteroatoms. The third kappa shape index (κ3) is 2.57. The number of thiophene rings is 1. The van der Waals surface area contributed by atoms with Gasteiger partial charge in [-0.15, -0.1) is 11.3 Å². The van der Waals surface area contributed by atoms with Crippen molar-refractivity contribution in [2.45, 2.75) is 24.6 Å². The SMILES string of the molecule is CC(C)(C(NN)c1ccc(Cl)s1)S(C)(=O)=O. The van der Waals surface area contributed by atoms with Crippen LogP contribution in [0.5, 0.6) is 0 Å². The maximum atomic E-state index is 11.7. The molecular formula is C9H15ClN2O2S2. The Labute approximate surface area is 105 Å². The van der Waals surface area contributed by atoms with Crippen LogP contribution in [-0.2, 0) is 9.84 Å². The molecule has 1 atom stereocenters. The summed E-state index contributed by atoms with van der Waals surface area (Å²) in [5.74, 6) is 5.45. The van der Waals surface area contributed by atoms with Crippen molar-refractivity contribution < 1.29 is 8.42 Å². The molecule has 1 aromatic rings. The summed E-state index contributed by atoms with van der Waals surface area (Å²) >= 11 is 7.15. The number of sulfone groups is 1. The van der Waals surface area contributed by atoms with Gasteiger partial charge in [0.1, 0.15) is 0 Å². The van der Waals surface area contributed by atoms with Crippen LogP contribution < -0.4 is 11.3 Å². The maximum absolute atomic E-state index is 11.7. The van der Waals surface area contributed by atoms with Crippen LogP contribution in [0.2, 0.25) is 4.34 Å². The fourth-order valence-corrected chi connectivity index (χ4v) is 3.33. The van der Waals surface area contributed by atoms with E-state index < -0.39 is 20.6 Å². The Morgan fingerprint density at radius 2 is 2.06 bits per heavy atom. The molecule has 0 aliphatic rings. The molecule has 0 fully saturated rings. The third-order valence-corrected chi connectivity index (χ3v) is 6.14. The first-order chi connectivity index (χ1) is 7.20. The Hall–Kier alpha value is -0.140. The smallest absolute Gasteiger partial charge is 0.154 e. The minimum atomic E-state index is -3.23. The van der Waals surface area contributed by atoms with E-state index in [2.05, 4.69) is 5.43 Å². The lowest BCUT2D eigenvalue weighted by Crippen LogP contribution is -2.47. The minimum absolute atomic E-state index is 0.472. The fourth-order valence-electron chi connectivity index (χ4n) is 1.32. The van der Waals surface area contributed by atoms with Crippen LogP contribution in [0.15, 0.2) is 12.1 Å². The zero-order valence-corrected chi connectivity index (χ0v) is 11.7. The third-order valence-electron chi connectivity index (χ3n) is 2.70. The molecule has 4 nitrogen and oxygen atoms in total. The first-order valence-electron chi connectivity index (χ1n) is 4.61. The summed E-state index contributed by atoms with van der Waals surface area (Å²) in [5.41, 5.74) is 2.55. The molecular weight excluding hydrogens is 268 g/mol. The predicted molar refractivity (Wildman–Crippen MR) is 68.3 cm³/mol.